The van der Waals surface area contributed by atoms with Gasteiger partial charge in [0.05, 0.1) is 18.8 Å². The van der Waals surface area contributed by atoms with Crippen molar-refractivity contribution in [3.05, 3.63) is 107 Å². The Kier molecular flexibility index (Phi) is 11.9. The highest BCUT2D eigenvalue weighted by atomic mass is 35.5. The van der Waals surface area contributed by atoms with Crippen molar-refractivity contribution in [2.75, 3.05) is 19.0 Å². The first kappa shape index (κ1) is 32.6. The highest BCUT2D eigenvalue weighted by Gasteiger charge is 2.21. The average Bonchev–Trinajstić information content (AvgIpc) is 3.58. The number of halogens is 1. The van der Waals surface area contributed by atoms with Gasteiger partial charge >= 0.3 is 12.0 Å². The number of methoxy groups -OCH3 is 1. The van der Waals surface area contributed by atoms with Crippen molar-refractivity contribution in [2.24, 2.45) is 0 Å². The summed E-state index contributed by atoms with van der Waals surface area (Å²) in [7, 11) is 1.32. The highest BCUT2D eigenvalue weighted by molar-refractivity contribution is 6.30. The van der Waals surface area contributed by atoms with Crippen LogP contribution in [0.1, 0.15) is 29.5 Å². The summed E-state index contributed by atoms with van der Waals surface area (Å²) in [5, 5.41) is 19.9. The van der Waals surface area contributed by atoms with E-state index in [9.17, 15) is 19.2 Å². The molecule has 0 saturated carbocycles. The Morgan fingerprint density at radius 3 is 2.49 bits per heavy atom. The third-order valence-corrected chi connectivity index (χ3v) is 6.88. The standard InChI is InChI=1S/C32H32ClN7O5/c1-45-31(43)8-5-17-34-32(44)36-26-13-9-23(10-14-26)19-29(41)27(18-22-6-3-2-4-7-22)37-30(42)16-11-24-20-25(33)12-15-28(24)40-21-35-38-39-40/h2-4,6-7,9-16,20-21,27H,5,8,17-19H2,1H3,(H,37,42)(H2,34,36,44)/b16-11+/t27-/m0/s1. The van der Waals surface area contributed by atoms with Crippen molar-refractivity contribution >= 4 is 47.1 Å². The monoisotopic (exact) mass is 629 g/mol. The van der Waals surface area contributed by atoms with Crippen LogP contribution in [0, 0.1) is 0 Å². The Balaban J connectivity index is 1.39. The normalized spacial score (nSPS) is 11.5. The molecule has 3 aromatic carbocycles. The van der Waals surface area contributed by atoms with Crippen LogP contribution in [0.25, 0.3) is 11.8 Å². The smallest absolute Gasteiger partial charge is 0.319 e. The number of hydrogen-bond acceptors (Lipinski definition) is 8. The molecule has 0 unspecified atom stereocenters. The molecule has 3 N–H and O–H groups in total. The molecular weight excluding hydrogens is 598 g/mol. The van der Waals surface area contributed by atoms with Crippen molar-refractivity contribution in [1.29, 1.82) is 0 Å². The quantitative estimate of drug-likeness (QED) is 0.108. The van der Waals surface area contributed by atoms with Crippen LogP contribution in [0.5, 0.6) is 0 Å². The van der Waals surface area contributed by atoms with Gasteiger partial charge in [-0.15, -0.1) is 5.10 Å². The molecular formula is C32H32ClN7O5. The van der Waals surface area contributed by atoms with Gasteiger partial charge in [-0.2, -0.15) is 4.68 Å². The fourth-order valence-corrected chi connectivity index (χ4v) is 4.54. The second-order valence-corrected chi connectivity index (χ2v) is 10.4. The molecule has 3 amide bonds. The molecule has 232 valence electrons. The van der Waals surface area contributed by atoms with Crippen LogP contribution in [0.2, 0.25) is 5.02 Å². The largest absolute Gasteiger partial charge is 0.469 e. The van der Waals surface area contributed by atoms with Crippen LogP contribution in [0.4, 0.5) is 10.5 Å². The molecule has 0 aliphatic heterocycles. The number of rotatable bonds is 14. The van der Waals surface area contributed by atoms with Crippen molar-refractivity contribution < 1.29 is 23.9 Å². The molecule has 1 aromatic heterocycles. The maximum atomic E-state index is 13.5. The Bertz CT molecular complexity index is 1630. The summed E-state index contributed by atoms with van der Waals surface area (Å²) >= 11 is 6.18. The summed E-state index contributed by atoms with van der Waals surface area (Å²) in [6.45, 7) is 0.316. The Morgan fingerprint density at radius 2 is 1.78 bits per heavy atom. The first-order valence-corrected chi connectivity index (χ1v) is 14.5. The lowest BCUT2D eigenvalue weighted by Gasteiger charge is -2.17. The zero-order valence-corrected chi connectivity index (χ0v) is 25.2. The van der Waals surface area contributed by atoms with E-state index in [0.29, 0.717) is 41.3 Å². The van der Waals surface area contributed by atoms with Crippen LogP contribution in [-0.2, 0) is 32.0 Å². The fraction of sp³-hybridized carbons (Fsp3) is 0.219. The number of anilines is 1. The molecule has 0 spiro atoms. The van der Waals surface area contributed by atoms with E-state index in [4.69, 9.17) is 11.6 Å². The Hall–Kier alpha value is -5.36. The topological polar surface area (TPSA) is 157 Å². The van der Waals surface area contributed by atoms with Gasteiger partial charge in [-0.3, -0.25) is 14.4 Å². The van der Waals surface area contributed by atoms with Gasteiger partial charge in [0.25, 0.3) is 0 Å². The van der Waals surface area contributed by atoms with E-state index in [1.807, 2.05) is 30.3 Å². The SMILES string of the molecule is COC(=O)CCCNC(=O)Nc1ccc(CC(=O)[C@H](Cc2ccccc2)NC(=O)/C=C/c2cc(Cl)ccc2-n2cnnn2)cc1. The highest BCUT2D eigenvalue weighted by Crippen LogP contribution is 2.20. The minimum absolute atomic E-state index is 0.0687. The number of benzene rings is 3. The van der Waals surface area contributed by atoms with Gasteiger partial charge in [0.2, 0.25) is 5.91 Å². The minimum atomic E-state index is -0.795. The van der Waals surface area contributed by atoms with E-state index in [2.05, 4.69) is 36.2 Å². The van der Waals surface area contributed by atoms with E-state index >= 15 is 0 Å². The first-order valence-electron chi connectivity index (χ1n) is 14.1. The maximum absolute atomic E-state index is 13.5. The van der Waals surface area contributed by atoms with Gasteiger partial charge in [0, 0.05) is 41.7 Å². The van der Waals surface area contributed by atoms with Gasteiger partial charge in [-0.25, -0.2) is 4.79 Å². The van der Waals surface area contributed by atoms with Crippen LogP contribution in [0.3, 0.4) is 0 Å². The van der Waals surface area contributed by atoms with Gasteiger partial charge in [0.15, 0.2) is 5.78 Å². The lowest BCUT2D eigenvalue weighted by atomic mass is 9.97. The van der Waals surface area contributed by atoms with Crippen molar-refractivity contribution in [3.63, 3.8) is 0 Å². The van der Waals surface area contributed by atoms with E-state index in [-0.39, 0.29) is 24.6 Å². The number of hydrogen-bond donors (Lipinski definition) is 3. The molecule has 12 nitrogen and oxygen atoms in total. The summed E-state index contributed by atoms with van der Waals surface area (Å²) in [6, 6.07) is 20.2. The second-order valence-electron chi connectivity index (χ2n) is 9.94. The zero-order valence-electron chi connectivity index (χ0n) is 24.5. The third-order valence-electron chi connectivity index (χ3n) is 6.65. The number of tetrazole rings is 1. The number of carbonyl (C=O) groups is 4. The fourth-order valence-electron chi connectivity index (χ4n) is 4.36. The van der Waals surface area contributed by atoms with Crippen LogP contribution in [0.15, 0.2) is 85.2 Å². The van der Waals surface area contributed by atoms with Crippen molar-refractivity contribution in [3.8, 4) is 5.69 Å². The number of ketones is 1. The Morgan fingerprint density at radius 1 is 1.00 bits per heavy atom. The van der Waals surface area contributed by atoms with Crippen LogP contribution >= 0.6 is 11.6 Å². The number of amides is 3. The van der Waals surface area contributed by atoms with Gasteiger partial charge < -0.3 is 20.7 Å². The Labute approximate surface area is 264 Å². The predicted octanol–water partition coefficient (Wildman–Crippen LogP) is 3.94. The maximum Gasteiger partial charge on any atom is 0.319 e. The van der Waals surface area contributed by atoms with E-state index in [1.54, 1.807) is 48.5 Å². The molecule has 13 heteroatoms. The summed E-state index contributed by atoms with van der Waals surface area (Å²) in [6.07, 6.45) is 5.41. The van der Waals surface area contributed by atoms with Crippen LogP contribution in [-0.4, -0.2) is 63.6 Å². The van der Waals surface area contributed by atoms with Gasteiger partial charge in [-0.05, 0) is 70.8 Å². The number of Topliss-reactive ketones (excluding diaryl/α,β-unsaturated/α-hetero) is 1. The van der Waals surface area contributed by atoms with Crippen LogP contribution < -0.4 is 16.0 Å². The van der Waals surface area contributed by atoms with E-state index < -0.39 is 18.0 Å². The van der Waals surface area contributed by atoms with Gasteiger partial charge in [-0.1, -0.05) is 54.1 Å². The van der Waals surface area contributed by atoms with Crippen molar-refractivity contribution in [2.45, 2.75) is 31.7 Å². The third kappa shape index (κ3) is 10.4. The lowest BCUT2D eigenvalue weighted by Crippen LogP contribution is -2.42. The minimum Gasteiger partial charge on any atom is -0.469 e. The molecule has 0 radical (unpaired) electrons. The molecule has 1 heterocycles. The number of esters is 1. The number of carbonyl (C=O) groups excluding carboxylic acids is 4. The molecule has 0 aliphatic rings. The van der Waals surface area contributed by atoms with E-state index in [1.165, 1.54) is 24.2 Å². The molecule has 4 rings (SSSR count). The number of ether oxygens (including phenoxy) is 1. The lowest BCUT2D eigenvalue weighted by molar-refractivity contribution is -0.140. The van der Waals surface area contributed by atoms with E-state index in [0.717, 1.165) is 11.1 Å². The molecule has 0 fully saturated rings. The van der Waals surface area contributed by atoms with Gasteiger partial charge in [0.1, 0.15) is 6.33 Å². The zero-order chi connectivity index (χ0) is 32.0. The number of aromatic nitrogens is 4. The summed E-state index contributed by atoms with van der Waals surface area (Å²) in [4.78, 5) is 49.8. The molecule has 45 heavy (non-hydrogen) atoms. The van der Waals surface area contributed by atoms with Crippen molar-refractivity contribution in [1.82, 2.24) is 30.8 Å². The summed E-state index contributed by atoms with van der Waals surface area (Å²) in [5.41, 5.74) is 3.39. The number of urea groups is 1. The second kappa shape index (κ2) is 16.5. The molecule has 0 aliphatic carbocycles. The number of nitrogens with zero attached hydrogens (tertiary/aromatic N) is 4. The molecule has 0 bridgehead atoms. The first-order chi connectivity index (χ1) is 21.8. The number of nitrogens with one attached hydrogen (secondary N) is 3. The predicted molar refractivity (Wildman–Crippen MR) is 169 cm³/mol. The summed E-state index contributed by atoms with van der Waals surface area (Å²) < 4.78 is 6.03. The average molecular weight is 630 g/mol. The molecule has 0 saturated heterocycles. The molecule has 4 aromatic rings. The molecule has 1 atom stereocenters. The summed E-state index contributed by atoms with van der Waals surface area (Å²) in [5.74, 6) is -0.969.